The van der Waals surface area contributed by atoms with E-state index in [1.807, 2.05) is 0 Å². The summed E-state index contributed by atoms with van der Waals surface area (Å²) in [5.74, 6) is 1.59. The van der Waals surface area contributed by atoms with Crippen molar-refractivity contribution in [3.8, 4) is 0 Å². The third-order valence-corrected chi connectivity index (χ3v) is 5.44. The topological polar surface area (TPSA) is 41.6 Å². The highest BCUT2D eigenvalue weighted by Crippen LogP contribution is 2.41. The van der Waals surface area contributed by atoms with Gasteiger partial charge in [-0.1, -0.05) is 44.4 Å². The van der Waals surface area contributed by atoms with Crippen molar-refractivity contribution in [2.45, 2.75) is 57.9 Å². The van der Waals surface area contributed by atoms with Crippen molar-refractivity contribution < 1.29 is 0 Å². The summed E-state index contributed by atoms with van der Waals surface area (Å²) in [4.78, 5) is 6.97. The Balaban J connectivity index is 1.93. The number of aryl methyl sites for hydroxylation is 1. The molecule has 1 heterocycles. The van der Waals surface area contributed by atoms with Crippen LogP contribution in [0.25, 0.3) is 0 Å². The van der Waals surface area contributed by atoms with Gasteiger partial charge in [0.2, 0.25) is 0 Å². The molecule has 2 N–H and O–H groups in total. The number of nitrogens with two attached hydrogens (primary N) is 1. The van der Waals surface area contributed by atoms with Gasteiger partial charge < -0.3 is 10.6 Å². The summed E-state index contributed by atoms with van der Waals surface area (Å²) < 4.78 is 0. The molecule has 1 fully saturated rings. The number of guanidine groups is 1. The van der Waals surface area contributed by atoms with Gasteiger partial charge in [0.25, 0.3) is 0 Å². The number of hydrogen-bond acceptors (Lipinski definition) is 3. The predicted octanol–water partition coefficient (Wildman–Crippen LogP) is 3.86. The SMILES string of the molecule is CCC1CCCC2(CC1)CN=C(N)N2c1ccccc1C. The van der Waals surface area contributed by atoms with Crippen molar-refractivity contribution in [2.75, 3.05) is 11.4 Å². The summed E-state index contributed by atoms with van der Waals surface area (Å²) >= 11 is 0. The normalized spacial score (nSPS) is 29.5. The maximum atomic E-state index is 6.28. The van der Waals surface area contributed by atoms with Gasteiger partial charge >= 0.3 is 0 Å². The first-order valence-electron chi connectivity index (χ1n) is 8.32. The molecule has 0 aromatic heterocycles. The lowest BCUT2D eigenvalue weighted by Gasteiger charge is -2.39. The summed E-state index contributed by atoms with van der Waals surface area (Å²) in [7, 11) is 0. The largest absolute Gasteiger partial charge is 0.369 e. The van der Waals surface area contributed by atoms with E-state index in [4.69, 9.17) is 5.73 Å². The molecule has 0 bridgehead atoms. The first-order chi connectivity index (χ1) is 10.2. The first-order valence-corrected chi connectivity index (χ1v) is 8.32. The molecule has 1 aliphatic carbocycles. The zero-order chi connectivity index (χ0) is 14.9. The molecule has 3 rings (SSSR count). The highest BCUT2D eigenvalue weighted by atomic mass is 15.4. The fraction of sp³-hybridized carbons (Fsp3) is 0.611. The average Bonchev–Trinajstić information content (AvgIpc) is 2.68. The van der Waals surface area contributed by atoms with E-state index >= 15 is 0 Å². The number of benzene rings is 1. The molecule has 2 aliphatic rings. The number of anilines is 1. The second kappa shape index (κ2) is 5.70. The first kappa shape index (κ1) is 14.4. The Kier molecular flexibility index (Phi) is 3.92. The van der Waals surface area contributed by atoms with Crippen LogP contribution in [0, 0.1) is 12.8 Å². The number of rotatable bonds is 2. The van der Waals surface area contributed by atoms with E-state index in [0.717, 1.165) is 12.5 Å². The van der Waals surface area contributed by atoms with Crippen molar-refractivity contribution in [1.29, 1.82) is 0 Å². The Morgan fingerprint density at radius 1 is 1.29 bits per heavy atom. The molecule has 3 heteroatoms. The third kappa shape index (κ3) is 2.54. The molecule has 3 nitrogen and oxygen atoms in total. The van der Waals surface area contributed by atoms with Gasteiger partial charge in [-0.2, -0.15) is 0 Å². The second-order valence-corrected chi connectivity index (χ2v) is 6.73. The van der Waals surface area contributed by atoms with Crippen LogP contribution < -0.4 is 10.6 Å². The fourth-order valence-corrected chi connectivity index (χ4v) is 4.06. The maximum absolute atomic E-state index is 6.28. The molecule has 1 aliphatic heterocycles. The van der Waals surface area contributed by atoms with Gasteiger partial charge in [0.05, 0.1) is 12.1 Å². The van der Waals surface area contributed by atoms with E-state index in [1.54, 1.807) is 0 Å². The summed E-state index contributed by atoms with van der Waals surface area (Å²) in [5.41, 5.74) is 8.93. The van der Waals surface area contributed by atoms with Gasteiger partial charge in [0, 0.05) is 5.69 Å². The minimum atomic E-state index is 0.125. The van der Waals surface area contributed by atoms with Crippen LogP contribution in [0.3, 0.4) is 0 Å². The van der Waals surface area contributed by atoms with Gasteiger partial charge in [-0.05, 0) is 43.7 Å². The minimum Gasteiger partial charge on any atom is -0.369 e. The molecule has 2 unspecified atom stereocenters. The summed E-state index contributed by atoms with van der Waals surface area (Å²) in [6.45, 7) is 5.35. The molecule has 0 radical (unpaired) electrons. The highest BCUT2D eigenvalue weighted by Gasteiger charge is 2.44. The van der Waals surface area contributed by atoms with Crippen molar-refractivity contribution in [2.24, 2.45) is 16.6 Å². The Morgan fingerprint density at radius 3 is 2.86 bits per heavy atom. The molecule has 1 spiro atoms. The zero-order valence-corrected chi connectivity index (χ0v) is 13.3. The van der Waals surface area contributed by atoms with Crippen LogP contribution in [-0.4, -0.2) is 18.0 Å². The van der Waals surface area contributed by atoms with Gasteiger partial charge in [0.15, 0.2) is 5.96 Å². The van der Waals surface area contributed by atoms with E-state index in [-0.39, 0.29) is 5.54 Å². The molecule has 1 saturated carbocycles. The molecule has 2 atom stereocenters. The molecule has 21 heavy (non-hydrogen) atoms. The lowest BCUT2D eigenvalue weighted by Crippen LogP contribution is -2.52. The van der Waals surface area contributed by atoms with E-state index in [0.29, 0.717) is 5.96 Å². The van der Waals surface area contributed by atoms with Gasteiger partial charge in [0.1, 0.15) is 0 Å². The van der Waals surface area contributed by atoms with Crippen LogP contribution in [-0.2, 0) is 0 Å². The zero-order valence-electron chi connectivity index (χ0n) is 13.3. The van der Waals surface area contributed by atoms with Crippen LogP contribution >= 0.6 is 0 Å². The quantitative estimate of drug-likeness (QED) is 0.896. The molecule has 0 saturated heterocycles. The van der Waals surface area contributed by atoms with Crippen molar-refractivity contribution in [1.82, 2.24) is 0 Å². The Labute approximate surface area is 128 Å². The van der Waals surface area contributed by atoms with E-state index in [2.05, 4.69) is 48.0 Å². The molecule has 1 aromatic rings. The van der Waals surface area contributed by atoms with Gasteiger partial charge in [-0.25, -0.2) is 0 Å². The van der Waals surface area contributed by atoms with Crippen LogP contribution in [0.15, 0.2) is 29.3 Å². The number of nitrogens with zero attached hydrogens (tertiary/aromatic N) is 2. The lowest BCUT2D eigenvalue weighted by atomic mass is 9.87. The van der Waals surface area contributed by atoms with E-state index < -0.39 is 0 Å². The van der Waals surface area contributed by atoms with Crippen LogP contribution in [0.4, 0.5) is 5.69 Å². The average molecular weight is 285 g/mol. The van der Waals surface area contributed by atoms with E-state index in [9.17, 15) is 0 Å². The molecule has 0 amide bonds. The van der Waals surface area contributed by atoms with Gasteiger partial charge in [-0.3, -0.25) is 4.99 Å². The standard InChI is InChI=1S/C18H27N3/c1-3-15-8-6-11-18(12-10-15)13-20-17(19)21(18)16-9-5-4-7-14(16)2/h4-5,7,9,15H,3,6,8,10-13H2,1-2H3,(H2,19,20). The molecular weight excluding hydrogens is 258 g/mol. The van der Waals surface area contributed by atoms with Crippen LogP contribution in [0.2, 0.25) is 0 Å². The van der Waals surface area contributed by atoms with Crippen molar-refractivity contribution in [3.05, 3.63) is 29.8 Å². The van der Waals surface area contributed by atoms with E-state index in [1.165, 1.54) is 49.8 Å². The summed E-state index contributed by atoms with van der Waals surface area (Å²) in [6.07, 6.45) is 7.69. The summed E-state index contributed by atoms with van der Waals surface area (Å²) in [5, 5.41) is 0. The van der Waals surface area contributed by atoms with Crippen LogP contribution in [0.5, 0.6) is 0 Å². The Morgan fingerprint density at radius 2 is 2.10 bits per heavy atom. The van der Waals surface area contributed by atoms with Crippen molar-refractivity contribution in [3.63, 3.8) is 0 Å². The number of aliphatic imine (C=N–C) groups is 1. The number of para-hydroxylation sites is 1. The smallest absolute Gasteiger partial charge is 0.196 e. The van der Waals surface area contributed by atoms with Crippen LogP contribution in [0.1, 0.15) is 51.0 Å². The van der Waals surface area contributed by atoms with Crippen molar-refractivity contribution >= 4 is 11.6 Å². The third-order valence-electron chi connectivity index (χ3n) is 5.44. The number of hydrogen-bond donors (Lipinski definition) is 1. The Hall–Kier alpha value is -1.51. The monoisotopic (exact) mass is 285 g/mol. The lowest BCUT2D eigenvalue weighted by molar-refractivity contribution is 0.384. The second-order valence-electron chi connectivity index (χ2n) is 6.73. The fourth-order valence-electron chi connectivity index (χ4n) is 4.06. The molecule has 114 valence electrons. The Bertz CT molecular complexity index is 537. The highest BCUT2D eigenvalue weighted by molar-refractivity contribution is 5.99. The predicted molar refractivity (Wildman–Crippen MR) is 89.7 cm³/mol. The molecule has 1 aromatic carbocycles. The van der Waals surface area contributed by atoms with Gasteiger partial charge in [-0.15, -0.1) is 0 Å². The molecular formula is C18H27N3. The summed E-state index contributed by atoms with van der Waals surface area (Å²) in [6, 6.07) is 8.55. The minimum absolute atomic E-state index is 0.125. The maximum Gasteiger partial charge on any atom is 0.196 e.